The Bertz CT molecular complexity index is 493. The predicted octanol–water partition coefficient (Wildman–Crippen LogP) is 0.449. The average Bonchev–Trinajstić information content (AvgIpc) is 2.75. The molecule has 8 heteroatoms. The van der Waals surface area contributed by atoms with Crippen molar-refractivity contribution in [1.82, 2.24) is 4.31 Å². The molecular formula is C9H13NO5S2. The van der Waals surface area contributed by atoms with Gasteiger partial charge in [-0.05, 0) is 6.07 Å². The molecule has 2 N–H and O–H groups in total. The maximum Gasteiger partial charge on any atom is 0.345 e. The van der Waals surface area contributed by atoms with Crippen LogP contribution in [-0.4, -0.2) is 48.6 Å². The summed E-state index contributed by atoms with van der Waals surface area (Å²) in [7, 11) is -3.71. The largest absolute Gasteiger partial charge is 0.477 e. The Morgan fingerprint density at radius 3 is 2.59 bits per heavy atom. The molecule has 0 aliphatic rings. The molecule has 6 nitrogen and oxygen atoms in total. The van der Waals surface area contributed by atoms with E-state index in [1.165, 1.54) is 5.38 Å². The minimum Gasteiger partial charge on any atom is -0.477 e. The highest BCUT2D eigenvalue weighted by Gasteiger charge is 2.24. The molecule has 96 valence electrons. The Morgan fingerprint density at radius 1 is 1.53 bits per heavy atom. The van der Waals surface area contributed by atoms with Crippen LogP contribution in [0.1, 0.15) is 16.6 Å². The number of hydrogen-bond donors (Lipinski definition) is 2. The molecule has 0 amide bonds. The highest BCUT2D eigenvalue weighted by Crippen LogP contribution is 2.22. The molecule has 0 saturated carbocycles. The van der Waals surface area contributed by atoms with Crippen LogP contribution in [0, 0.1) is 0 Å². The van der Waals surface area contributed by atoms with Gasteiger partial charge in [-0.3, -0.25) is 0 Å². The first-order chi connectivity index (χ1) is 7.93. The molecule has 0 saturated heterocycles. The van der Waals surface area contributed by atoms with Gasteiger partial charge in [0, 0.05) is 18.5 Å². The molecule has 0 radical (unpaired) electrons. The SMILES string of the molecule is CCN(CCO)S(=O)(=O)c1csc(C(=O)O)c1. The van der Waals surface area contributed by atoms with E-state index in [0.717, 1.165) is 21.7 Å². The molecule has 0 unspecified atom stereocenters. The number of hydrogen-bond acceptors (Lipinski definition) is 5. The quantitative estimate of drug-likeness (QED) is 0.788. The first-order valence-corrected chi connectivity index (χ1v) is 7.18. The molecule has 1 heterocycles. The van der Waals surface area contributed by atoms with Gasteiger partial charge in [-0.25, -0.2) is 13.2 Å². The predicted molar refractivity (Wildman–Crippen MR) is 62.8 cm³/mol. The van der Waals surface area contributed by atoms with Crippen LogP contribution in [0.4, 0.5) is 0 Å². The van der Waals surface area contributed by atoms with E-state index in [1.807, 2.05) is 0 Å². The molecule has 1 aromatic rings. The lowest BCUT2D eigenvalue weighted by Crippen LogP contribution is -2.33. The fraction of sp³-hybridized carbons (Fsp3) is 0.444. The van der Waals surface area contributed by atoms with E-state index < -0.39 is 16.0 Å². The Labute approximate surface area is 103 Å². The Kier molecular flexibility index (Phi) is 4.63. The smallest absolute Gasteiger partial charge is 0.345 e. The number of thiophene rings is 1. The minimum absolute atomic E-state index is 0.00289. The summed E-state index contributed by atoms with van der Waals surface area (Å²) in [5.41, 5.74) is 0. The average molecular weight is 279 g/mol. The van der Waals surface area contributed by atoms with Gasteiger partial charge in [0.25, 0.3) is 0 Å². The molecule has 0 atom stereocenters. The van der Waals surface area contributed by atoms with Gasteiger partial charge < -0.3 is 10.2 Å². The van der Waals surface area contributed by atoms with Crippen molar-refractivity contribution < 1.29 is 23.4 Å². The first-order valence-electron chi connectivity index (χ1n) is 4.86. The van der Waals surface area contributed by atoms with Crippen molar-refractivity contribution in [3.05, 3.63) is 16.3 Å². The summed E-state index contributed by atoms with van der Waals surface area (Å²) < 4.78 is 25.1. The topological polar surface area (TPSA) is 94.9 Å². The summed E-state index contributed by atoms with van der Waals surface area (Å²) in [5, 5.41) is 18.8. The summed E-state index contributed by atoms with van der Waals surface area (Å²) in [6, 6.07) is 1.13. The van der Waals surface area contributed by atoms with E-state index in [1.54, 1.807) is 6.92 Å². The Hall–Kier alpha value is -0.960. The van der Waals surface area contributed by atoms with E-state index in [4.69, 9.17) is 10.2 Å². The van der Waals surface area contributed by atoms with Crippen molar-refractivity contribution >= 4 is 27.3 Å². The number of sulfonamides is 1. The van der Waals surface area contributed by atoms with Crippen molar-refractivity contribution in [2.75, 3.05) is 19.7 Å². The number of aliphatic hydroxyl groups excluding tert-OH is 1. The van der Waals surface area contributed by atoms with Crippen LogP contribution in [0.15, 0.2) is 16.3 Å². The Morgan fingerprint density at radius 2 is 2.18 bits per heavy atom. The number of carbonyl (C=O) groups is 1. The zero-order valence-corrected chi connectivity index (χ0v) is 10.8. The van der Waals surface area contributed by atoms with Gasteiger partial charge in [0.2, 0.25) is 10.0 Å². The minimum atomic E-state index is -3.71. The number of aliphatic hydroxyl groups is 1. The summed E-state index contributed by atoms with van der Waals surface area (Å²) >= 11 is 0.863. The summed E-state index contributed by atoms with van der Waals surface area (Å²) in [5.74, 6) is -1.15. The second-order valence-electron chi connectivity index (χ2n) is 3.17. The standard InChI is InChI=1S/C9H13NO5S2/c1-2-10(3-4-11)17(14,15)7-5-8(9(12)13)16-6-7/h5-6,11H,2-4H2,1H3,(H,12,13). The number of aromatic carboxylic acids is 1. The molecule has 17 heavy (non-hydrogen) atoms. The second kappa shape index (κ2) is 5.58. The van der Waals surface area contributed by atoms with Crippen molar-refractivity contribution in [2.45, 2.75) is 11.8 Å². The molecule has 0 aliphatic heterocycles. The molecule has 0 aromatic carbocycles. The maximum atomic E-state index is 12.0. The fourth-order valence-corrected chi connectivity index (χ4v) is 3.81. The zero-order chi connectivity index (χ0) is 13.1. The normalized spacial score (nSPS) is 11.9. The van der Waals surface area contributed by atoms with Gasteiger partial charge in [0.1, 0.15) is 4.88 Å². The van der Waals surface area contributed by atoms with Crippen molar-refractivity contribution in [1.29, 1.82) is 0 Å². The molecule has 1 rings (SSSR count). The van der Waals surface area contributed by atoms with Gasteiger partial charge in [-0.15, -0.1) is 11.3 Å². The highest BCUT2D eigenvalue weighted by molar-refractivity contribution is 7.89. The summed E-state index contributed by atoms with van der Waals surface area (Å²) in [4.78, 5) is 10.6. The molecule has 0 bridgehead atoms. The second-order valence-corrected chi connectivity index (χ2v) is 6.02. The van der Waals surface area contributed by atoms with Crippen LogP contribution in [-0.2, 0) is 10.0 Å². The first kappa shape index (κ1) is 14.1. The third-order valence-electron chi connectivity index (χ3n) is 2.13. The lowest BCUT2D eigenvalue weighted by atomic mass is 10.5. The highest BCUT2D eigenvalue weighted by atomic mass is 32.2. The van der Waals surface area contributed by atoms with Crippen LogP contribution >= 0.6 is 11.3 Å². The van der Waals surface area contributed by atoms with Gasteiger partial charge in [-0.2, -0.15) is 4.31 Å². The van der Waals surface area contributed by atoms with E-state index in [9.17, 15) is 13.2 Å². The molecular weight excluding hydrogens is 266 g/mol. The number of likely N-dealkylation sites (N-methyl/N-ethyl adjacent to an activating group) is 1. The van der Waals surface area contributed by atoms with Crippen LogP contribution < -0.4 is 0 Å². The van der Waals surface area contributed by atoms with E-state index >= 15 is 0 Å². The molecule has 1 aromatic heterocycles. The van der Waals surface area contributed by atoms with E-state index in [-0.39, 0.29) is 29.5 Å². The fourth-order valence-electron chi connectivity index (χ4n) is 1.28. The molecule has 0 spiro atoms. The molecule has 0 aliphatic carbocycles. The number of rotatable bonds is 6. The van der Waals surface area contributed by atoms with Gasteiger partial charge >= 0.3 is 5.97 Å². The van der Waals surface area contributed by atoms with Crippen LogP contribution in [0.25, 0.3) is 0 Å². The third-order valence-corrected chi connectivity index (χ3v) is 5.15. The molecule has 0 fully saturated rings. The van der Waals surface area contributed by atoms with Crippen molar-refractivity contribution in [3.63, 3.8) is 0 Å². The van der Waals surface area contributed by atoms with Gasteiger partial charge in [0.15, 0.2) is 0 Å². The van der Waals surface area contributed by atoms with Crippen LogP contribution in [0.3, 0.4) is 0 Å². The Balaban J connectivity index is 3.07. The lowest BCUT2D eigenvalue weighted by Gasteiger charge is -2.18. The monoisotopic (exact) mass is 279 g/mol. The maximum absolute atomic E-state index is 12.0. The van der Waals surface area contributed by atoms with E-state index in [0.29, 0.717) is 0 Å². The number of carboxylic acid groups (broad SMARTS) is 1. The lowest BCUT2D eigenvalue weighted by molar-refractivity contribution is 0.0702. The van der Waals surface area contributed by atoms with Gasteiger partial charge in [0.05, 0.1) is 11.5 Å². The van der Waals surface area contributed by atoms with Crippen molar-refractivity contribution in [3.8, 4) is 0 Å². The summed E-state index contributed by atoms with van der Waals surface area (Å²) in [6.07, 6.45) is 0. The third kappa shape index (κ3) is 3.03. The number of nitrogens with zero attached hydrogens (tertiary/aromatic N) is 1. The summed E-state index contributed by atoms with van der Waals surface area (Å²) in [6.45, 7) is 1.60. The van der Waals surface area contributed by atoms with Crippen molar-refractivity contribution in [2.24, 2.45) is 0 Å². The number of carboxylic acids is 1. The van der Waals surface area contributed by atoms with E-state index in [2.05, 4.69) is 0 Å². The van der Waals surface area contributed by atoms with Crippen LogP contribution in [0.5, 0.6) is 0 Å². The van der Waals surface area contributed by atoms with Crippen LogP contribution in [0.2, 0.25) is 0 Å². The van der Waals surface area contributed by atoms with Gasteiger partial charge in [-0.1, -0.05) is 6.92 Å². The zero-order valence-electron chi connectivity index (χ0n) is 9.16.